The van der Waals surface area contributed by atoms with Gasteiger partial charge in [-0.2, -0.15) is 0 Å². The molecule has 0 fully saturated rings. The lowest BCUT2D eigenvalue weighted by Crippen LogP contribution is -2.02. The number of rotatable bonds is 4. The molecule has 0 radical (unpaired) electrons. The minimum Gasteiger partial charge on any atom is -0.487 e. The van der Waals surface area contributed by atoms with Crippen molar-refractivity contribution >= 4 is 5.97 Å². The first-order valence-corrected chi connectivity index (χ1v) is 5.50. The van der Waals surface area contributed by atoms with Crippen molar-refractivity contribution in [2.24, 2.45) is 0 Å². The summed E-state index contributed by atoms with van der Waals surface area (Å²) in [5.41, 5.74) is 1.30. The summed E-state index contributed by atoms with van der Waals surface area (Å²) in [5, 5.41) is 0. The van der Waals surface area contributed by atoms with Crippen molar-refractivity contribution in [2.75, 3.05) is 7.11 Å². The van der Waals surface area contributed by atoms with Crippen molar-refractivity contribution in [2.45, 2.75) is 6.61 Å². The van der Waals surface area contributed by atoms with Gasteiger partial charge in [0.15, 0.2) is 0 Å². The molecule has 1 aromatic carbocycles. The Hall–Kier alpha value is -2.36. The van der Waals surface area contributed by atoms with Gasteiger partial charge in [-0.1, -0.05) is 12.1 Å². The van der Waals surface area contributed by atoms with Crippen LogP contribution in [0.5, 0.6) is 5.75 Å². The molecule has 0 aliphatic heterocycles. The molecule has 1 aromatic heterocycles. The Morgan fingerprint density at radius 1 is 1.22 bits per heavy atom. The molecule has 2 rings (SSSR count). The van der Waals surface area contributed by atoms with E-state index < -0.39 is 0 Å². The average molecular weight is 243 g/mol. The lowest BCUT2D eigenvalue weighted by molar-refractivity contribution is 0.0600. The van der Waals surface area contributed by atoms with Crippen molar-refractivity contribution in [1.82, 2.24) is 4.98 Å². The van der Waals surface area contributed by atoms with E-state index in [0.717, 1.165) is 5.69 Å². The molecule has 2 aromatic rings. The number of methoxy groups -OCH3 is 1. The van der Waals surface area contributed by atoms with E-state index in [-0.39, 0.29) is 5.97 Å². The summed E-state index contributed by atoms with van der Waals surface area (Å²) in [7, 11) is 1.35. The standard InChI is InChI=1S/C14H13NO3/c1-17-14(16)11-5-4-7-13(9-11)18-10-12-6-2-3-8-15-12/h2-9H,10H2,1H3. The van der Waals surface area contributed by atoms with Gasteiger partial charge in [-0.15, -0.1) is 0 Å². The van der Waals surface area contributed by atoms with Crippen LogP contribution < -0.4 is 4.74 Å². The molecule has 0 saturated heterocycles. The molecule has 1 heterocycles. The fourth-order valence-corrected chi connectivity index (χ4v) is 1.47. The molecule has 0 aliphatic carbocycles. The fraction of sp³-hybridized carbons (Fsp3) is 0.143. The smallest absolute Gasteiger partial charge is 0.337 e. The Morgan fingerprint density at radius 2 is 2.11 bits per heavy atom. The van der Waals surface area contributed by atoms with E-state index in [1.165, 1.54) is 7.11 Å². The Labute approximate surface area is 105 Å². The van der Waals surface area contributed by atoms with Crippen LogP contribution in [0.3, 0.4) is 0 Å². The molecule has 0 spiro atoms. The van der Waals surface area contributed by atoms with Gasteiger partial charge in [-0.05, 0) is 30.3 Å². The number of carbonyl (C=O) groups is 1. The van der Waals surface area contributed by atoms with Gasteiger partial charge < -0.3 is 9.47 Å². The van der Waals surface area contributed by atoms with E-state index in [1.807, 2.05) is 18.2 Å². The van der Waals surface area contributed by atoms with Crippen molar-refractivity contribution in [3.8, 4) is 5.75 Å². The summed E-state index contributed by atoms with van der Waals surface area (Å²) in [5.74, 6) is 0.238. The first-order chi connectivity index (χ1) is 8.79. The zero-order chi connectivity index (χ0) is 12.8. The maximum absolute atomic E-state index is 11.3. The molecule has 0 unspecified atom stereocenters. The molecule has 0 atom stereocenters. The maximum Gasteiger partial charge on any atom is 0.337 e. The Bertz CT molecular complexity index is 526. The second kappa shape index (κ2) is 5.82. The molecule has 0 saturated carbocycles. The van der Waals surface area contributed by atoms with Crippen molar-refractivity contribution in [3.63, 3.8) is 0 Å². The summed E-state index contributed by atoms with van der Waals surface area (Å²) < 4.78 is 10.2. The second-order valence-electron chi connectivity index (χ2n) is 3.63. The second-order valence-corrected chi connectivity index (χ2v) is 3.63. The highest BCUT2D eigenvalue weighted by atomic mass is 16.5. The van der Waals surface area contributed by atoms with Crippen molar-refractivity contribution in [3.05, 3.63) is 59.9 Å². The lowest BCUT2D eigenvalue weighted by atomic mass is 10.2. The highest BCUT2D eigenvalue weighted by molar-refractivity contribution is 5.89. The minimum absolute atomic E-state index is 0.367. The van der Waals surface area contributed by atoms with Crippen LogP contribution in [0.15, 0.2) is 48.7 Å². The van der Waals surface area contributed by atoms with Gasteiger partial charge in [0.1, 0.15) is 12.4 Å². The van der Waals surface area contributed by atoms with Gasteiger partial charge in [0.05, 0.1) is 18.4 Å². The Balaban J connectivity index is 2.04. The molecule has 18 heavy (non-hydrogen) atoms. The molecule has 0 aliphatic rings. The van der Waals surface area contributed by atoms with Gasteiger partial charge in [0.2, 0.25) is 0 Å². The third-order valence-corrected chi connectivity index (χ3v) is 2.37. The van der Waals surface area contributed by atoms with Gasteiger partial charge >= 0.3 is 5.97 Å². The molecule has 4 nitrogen and oxygen atoms in total. The Morgan fingerprint density at radius 3 is 2.83 bits per heavy atom. The first-order valence-electron chi connectivity index (χ1n) is 5.50. The van der Waals surface area contributed by atoms with Crippen LogP contribution in [0, 0.1) is 0 Å². The van der Waals surface area contributed by atoms with E-state index in [9.17, 15) is 4.79 Å². The zero-order valence-electron chi connectivity index (χ0n) is 10.00. The number of carbonyl (C=O) groups excluding carboxylic acids is 1. The summed E-state index contributed by atoms with van der Waals surface area (Å²) in [6.45, 7) is 0.367. The number of benzene rings is 1. The lowest BCUT2D eigenvalue weighted by Gasteiger charge is -2.06. The largest absolute Gasteiger partial charge is 0.487 e. The van der Waals surface area contributed by atoms with E-state index in [1.54, 1.807) is 30.5 Å². The number of pyridine rings is 1. The van der Waals surface area contributed by atoms with Crippen LogP contribution in [0.2, 0.25) is 0 Å². The van der Waals surface area contributed by atoms with Crippen molar-refractivity contribution in [1.29, 1.82) is 0 Å². The molecule has 92 valence electrons. The topological polar surface area (TPSA) is 48.4 Å². The predicted octanol–water partition coefficient (Wildman–Crippen LogP) is 2.45. The molecule has 0 amide bonds. The number of hydrogen-bond acceptors (Lipinski definition) is 4. The maximum atomic E-state index is 11.3. The van der Waals surface area contributed by atoms with Gasteiger partial charge in [-0.25, -0.2) is 4.79 Å². The molecule has 4 heteroatoms. The molecular formula is C14H13NO3. The number of esters is 1. The average Bonchev–Trinajstić information content (AvgIpc) is 2.45. The number of hydrogen-bond donors (Lipinski definition) is 0. The van der Waals surface area contributed by atoms with Gasteiger partial charge in [0.25, 0.3) is 0 Å². The van der Waals surface area contributed by atoms with Crippen molar-refractivity contribution < 1.29 is 14.3 Å². The van der Waals surface area contributed by atoms with Gasteiger partial charge in [0, 0.05) is 6.20 Å². The summed E-state index contributed by atoms with van der Waals surface area (Å²) in [4.78, 5) is 15.5. The summed E-state index contributed by atoms with van der Waals surface area (Å²) >= 11 is 0. The van der Waals surface area contributed by atoms with E-state index >= 15 is 0 Å². The molecule has 0 N–H and O–H groups in total. The fourth-order valence-electron chi connectivity index (χ4n) is 1.47. The van der Waals surface area contributed by atoms with Crippen LogP contribution in [0.25, 0.3) is 0 Å². The quantitative estimate of drug-likeness (QED) is 0.774. The first kappa shape index (κ1) is 12.1. The van der Waals surface area contributed by atoms with E-state index in [2.05, 4.69) is 9.72 Å². The minimum atomic E-state index is -0.377. The number of ether oxygens (including phenoxy) is 2. The summed E-state index contributed by atoms with van der Waals surface area (Å²) in [6.07, 6.45) is 1.71. The summed E-state index contributed by atoms with van der Waals surface area (Å²) in [6, 6.07) is 12.5. The van der Waals surface area contributed by atoms with Crippen LogP contribution in [0.1, 0.15) is 16.1 Å². The normalized spacial score (nSPS) is 9.83. The van der Waals surface area contributed by atoms with E-state index in [0.29, 0.717) is 17.9 Å². The highest BCUT2D eigenvalue weighted by Gasteiger charge is 2.06. The number of aromatic nitrogens is 1. The zero-order valence-corrected chi connectivity index (χ0v) is 10.00. The van der Waals surface area contributed by atoms with Gasteiger partial charge in [-0.3, -0.25) is 4.98 Å². The van der Waals surface area contributed by atoms with E-state index in [4.69, 9.17) is 4.74 Å². The highest BCUT2D eigenvalue weighted by Crippen LogP contribution is 2.15. The van der Waals surface area contributed by atoms with Crippen LogP contribution in [-0.2, 0) is 11.3 Å². The SMILES string of the molecule is COC(=O)c1cccc(OCc2ccccn2)c1. The predicted molar refractivity (Wildman–Crippen MR) is 66.4 cm³/mol. The van der Waals surface area contributed by atoms with Crippen LogP contribution in [0.4, 0.5) is 0 Å². The molecule has 0 bridgehead atoms. The third kappa shape index (κ3) is 3.07. The number of nitrogens with zero attached hydrogens (tertiary/aromatic N) is 1. The monoisotopic (exact) mass is 243 g/mol. The third-order valence-electron chi connectivity index (χ3n) is 2.37. The Kier molecular flexibility index (Phi) is 3.91. The van der Waals surface area contributed by atoms with Crippen LogP contribution in [-0.4, -0.2) is 18.1 Å². The van der Waals surface area contributed by atoms with Crippen LogP contribution >= 0.6 is 0 Å². The molecular weight excluding hydrogens is 230 g/mol.